The molecule has 1 atom stereocenters. The number of hydrogen-bond acceptors (Lipinski definition) is 3. The van der Waals surface area contributed by atoms with Gasteiger partial charge in [-0.2, -0.15) is 0 Å². The molecule has 1 N–H and O–H groups in total. The van der Waals surface area contributed by atoms with Crippen molar-refractivity contribution in [2.24, 2.45) is 0 Å². The Hall–Kier alpha value is -2.07. The molecule has 1 unspecified atom stereocenters. The molecular weight excluding hydrogens is 269 g/mol. The van der Waals surface area contributed by atoms with Crippen molar-refractivity contribution in [3.63, 3.8) is 0 Å². The van der Waals surface area contributed by atoms with Crippen molar-refractivity contribution in [2.45, 2.75) is 12.5 Å². The minimum Gasteiger partial charge on any atom is -0.496 e. The highest BCUT2D eigenvalue weighted by atomic mass is 19.1. The first kappa shape index (κ1) is 15.3. The van der Waals surface area contributed by atoms with E-state index < -0.39 is 0 Å². The molecule has 0 heterocycles. The van der Waals surface area contributed by atoms with E-state index in [0.717, 1.165) is 11.3 Å². The minimum atomic E-state index is -0.274. The van der Waals surface area contributed by atoms with Crippen LogP contribution >= 0.6 is 0 Å². The van der Waals surface area contributed by atoms with E-state index in [1.54, 1.807) is 26.4 Å². The van der Waals surface area contributed by atoms with Crippen LogP contribution in [-0.4, -0.2) is 21.3 Å². The number of methoxy groups -OCH3 is 2. The van der Waals surface area contributed by atoms with Gasteiger partial charge in [0.15, 0.2) is 0 Å². The fourth-order valence-corrected chi connectivity index (χ4v) is 2.47. The molecule has 3 nitrogen and oxygen atoms in total. The normalized spacial score (nSPS) is 12.0. The SMILES string of the molecule is CNC(Cc1ccccc1OC)c1c(F)cccc1OC. The monoisotopic (exact) mass is 289 g/mol. The van der Waals surface area contributed by atoms with Gasteiger partial charge in [0.05, 0.1) is 14.2 Å². The second-order valence-electron chi connectivity index (χ2n) is 4.71. The molecule has 0 aliphatic rings. The summed E-state index contributed by atoms with van der Waals surface area (Å²) in [6, 6.07) is 12.4. The summed E-state index contributed by atoms with van der Waals surface area (Å²) in [4.78, 5) is 0. The maximum Gasteiger partial charge on any atom is 0.131 e. The number of likely N-dealkylation sites (N-methyl/N-ethyl adjacent to an activating group) is 1. The lowest BCUT2D eigenvalue weighted by molar-refractivity contribution is 0.388. The van der Waals surface area contributed by atoms with E-state index in [0.29, 0.717) is 17.7 Å². The van der Waals surface area contributed by atoms with Gasteiger partial charge < -0.3 is 14.8 Å². The molecule has 21 heavy (non-hydrogen) atoms. The van der Waals surface area contributed by atoms with Gasteiger partial charge >= 0.3 is 0 Å². The van der Waals surface area contributed by atoms with E-state index in [2.05, 4.69) is 5.32 Å². The Balaban J connectivity index is 2.37. The summed E-state index contributed by atoms with van der Waals surface area (Å²) in [6.45, 7) is 0. The van der Waals surface area contributed by atoms with Crippen molar-refractivity contribution in [3.05, 3.63) is 59.4 Å². The van der Waals surface area contributed by atoms with Crippen molar-refractivity contribution in [2.75, 3.05) is 21.3 Å². The zero-order valence-electron chi connectivity index (χ0n) is 12.5. The van der Waals surface area contributed by atoms with Crippen molar-refractivity contribution >= 4 is 0 Å². The number of nitrogens with one attached hydrogen (secondary N) is 1. The van der Waals surface area contributed by atoms with Crippen LogP contribution in [0.4, 0.5) is 4.39 Å². The zero-order valence-corrected chi connectivity index (χ0v) is 12.5. The van der Waals surface area contributed by atoms with E-state index in [-0.39, 0.29) is 11.9 Å². The van der Waals surface area contributed by atoms with Crippen molar-refractivity contribution in [1.82, 2.24) is 5.32 Å². The topological polar surface area (TPSA) is 30.5 Å². The van der Waals surface area contributed by atoms with Crippen LogP contribution in [0, 0.1) is 5.82 Å². The molecule has 2 aromatic rings. The predicted octanol–water partition coefficient (Wildman–Crippen LogP) is 3.35. The average Bonchev–Trinajstić information content (AvgIpc) is 2.53. The van der Waals surface area contributed by atoms with Gasteiger partial charge in [0, 0.05) is 11.6 Å². The number of halogens is 1. The van der Waals surface area contributed by atoms with Crippen LogP contribution < -0.4 is 14.8 Å². The fraction of sp³-hybridized carbons (Fsp3) is 0.294. The summed E-state index contributed by atoms with van der Waals surface area (Å²) in [7, 11) is 5.00. The van der Waals surface area contributed by atoms with Crippen LogP contribution in [0.2, 0.25) is 0 Å². The molecule has 112 valence electrons. The summed E-state index contributed by atoms with van der Waals surface area (Å²) >= 11 is 0. The quantitative estimate of drug-likeness (QED) is 0.884. The second kappa shape index (κ2) is 7.09. The zero-order chi connectivity index (χ0) is 15.2. The molecule has 0 amide bonds. The summed E-state index contributed by atoms with van der Waals surface area (Å²) in [5.74, 6) is 1.07. The van der Waals surface area contributed by atoms with Crippen molar-refractivity contribution in [1.29, 1.82) is 0 Å². The van der Waals surface area contributed by atoms with Crippen LogP contribution in [-0.2, 0) is 6.42 Å². The summed E-state index contributed by atoms with van der Waals surface area (Å²) < 4.78 is 24.9. The third kappa shape index (κ3) is 3.34. The lowest BCUT2D eigenvalue weighted by atomic mass is 9.97. The summed E-state index contributed by atoms with van der Waals surface area (Å²) in [6.07, 6.45) is 0.609. The third-order valence-electron chi connectivity index (χ3n) is 3.55. The predicted molar refractivity (Wildman–Crippen MR) is 81.5 cm³/mol. The highest BCUT2D eigenvalue weighted by molar-refractivity contribution is 5.40. The molecular formula is C17H20FNO2. The number of para-hydroxylation sites is 1. The molecule has 0 aliphatic heterocycles. The third-order valence-corrected chi connectivity index (χ3v) is 3.55. The van der Waals surface area contributed by atoms with E-state index in [9.17, 15) is 4.39 Å². The number of rotatable bonds is 6. The Morgan fingerprint density at radius 2 is 1.67 bits per heavy atom. The van der Waals surface area contributed by atoms with Gasteiger partial charge in [-0.1, -0.05) is 24.3 Å². The first-order valence-electron chi connectivity index (χ1n) is 6.82. The lowest BCUT2D eigenvalue weighted by Crippen LogP contribution is -2.21. The highest BCUT2D eigenvalue weighted by Crippen LogP contribution is 2.31. The van der Waals surface area contributed by atoms with Crippen LogP contribution in [0.1, 0.15) is 17.2 Å². The molecule has 0 saturated heterocycles. The highest BCUT2D eigenvalue weighted by Gasteiger charge is 2.20. The molecule has 2 aromatic carbocycles. The average molecular weight is 289 g/mol. The Morgan fingerprint density at radius 3 is 2.33 bits per heavy atom. The van der Waals surface area contributed by atoms with Gasteiger partial charge in [0.2, 0.25) is 0 Å². The maximum atomic E-state index is 14.2. The molecule has 0 radical (unpaired) electrons. The van der Waals surface area contributed by atoms with Gasteiger partial charge in [-0.3, -0.25) is 0 Å². The lowest BCUT2D eigenvalue weighted by Gasteiger charge is -2.21. The van der Waals surface area contributed by atoms with Crippen LogP contribution in [0.5, 0.6) is 11.5 Å². The maximum absolute atomic E-state index is 14.2. The number of hydrogen-bond donors (Lipinski definition) is 1. The smallest absolute Gasteiger partial charge is 0.131 e. The van der Waals surface area contributed by atoms with E-state index in [1.165, 1.54) is 6.07 Å². The summed E-state index contributed by atoms with van der Waals surface area (Å²) in [5.41, 5.74) is 1.55. The standard InChI is InChI=1S/C17H20FNO2/c1-19-14(11-12-7-4-5-9-15(12)20-2)17-13(18)8-6-10-16(17)21-3/h4-10,14,19H,11H2,1-3H3. The van der Waals surface area contributed by atoms with Gasteiger partial charge in [0.1, 0.15) is 17.3 Å². The van der Waals surface area contributed by atoms with Gasteiger partial charge in [-0.25, -0.2) is 4.39 Å². The molecule has 0 bridgehead atoms. The van der Waals surface area contributed by atoms with Gasteiger partial charge in [-0.15, -0.1) is 0 Å². The Kier molecular flexibility index (Phi) is 5.17. The molecule has 0 saturated carbocycles. The van der Waals surface area contributed by atoms with Crippen molar-refractivity contribution in [3.8, 4) is 11.5 Å². The minimum absolute atomic E-state index is 0.197. The van der Waals surface area contributed by atoms with Gasteiger partial charge in [0.25, 0.3) is 0 Å². The second-order valence-corrected chi connectivity index (χ2v) is 4.71. The number of benzene rings is 2. The Labute approximate surface area is 124 Å². The first-order chi connectivity index (χ1) is 10.2. The molecule has 0 aromatic heterocycles. The molecule has 4 heteroatoms. The fourth-order valence-electron chi connectivity index (χ4n) is 2.47. The molecule has 0 aliphatic carbocycles. The number of ether oxygens (including phenoxy) is 2. The molecule has 0 fully saturated rings. The van der Waals surface area contributed by atoms with Crippen molar-refractivity contribution < 1.29 is 13.9 Å². The van der Waals surface area contributed by atoms with E-state index >= 15 is 0 Å². The van der Waals surface area contributed by atoms with Crippen LogP contribution in [0.3, 0.4) is 0 Å². The Bertz CT molecular complexity index is 601. The molecule has 0 spiro atoms. The van der Waals surface area contributed by atoms with Crippen LogP contribution in [0.15, 0.2) is 42.5 Å². The largest absolute Gasteiger partial charge is 0.496 e. The van der Waals surface area contributed by atoms with Gasteiger partial charge in [-0.05, 0) is 37.2 Å². The van der Waals surface area contributed by atoms with E-state index in [4.69, 9.17) is 9.47 Å². The molecule has 2 rings (SSSR count). The van der Waals surface area contributed by atoms with E-state index in [1.807, 2.05) is 31.3 Å². The first-order valence-corrected chi connectivity index (χ1v) is 6.82. The summed E-state index contributed by atoms with van der Waals surface area (Å²) in [5, 5.41) is 3.16. The Morgan fingerprint density at radius 1 is 1.00 bits per heavy atom. The van der Waals surface area contributed by atoms with Crippen LogP contribution in [0.25, 0.3) is 0 Å².